The smallest absolute Gasteiger partial charge is 0.161 e. The van der Waals surface area contributed by atoms with E-state index in [0.717, 1.165) is 23.0 Å². The van der Waals surface area contributed by atoms with Gasteiger partial charge in [-0.05, 0) is 23.8 Å². The fraction of sp³-hybridized carbons (Fsp3) is 0.250. The van der Waals surface area contributed by atoms with E-state index in [1.165, 1.54) is 0 Å². The summed E-state index contributed by atoms with van der Waals surface area (Å²) in [6.07, 6.45) is 3.66. The van der Waals surface area contributed by atoms with E-state index in [9.17, 15) is 0 Å². The molecule has 1 aromatic carbocycles. The number of hydrogen-bond donors (Lipinski definition) is 0. The van der Waals surface area contributed by atoms with Gasteiger partial charge in [0.15, 0.2) is 11.5 Å². The average molecular weight is 205 g/mol. The van der Waals surface area contributed by atoms with E-state index in [-0.39, 0.29) is 0 Å². The van der Waals surface area contributed by atoms with Crippen molar-refractivity contribution >= 4 is 0 Å². The predicted molar refractivity (Wildman–Crippen MR) is 57.0 cm³/mol. The molecule has 0 atom stereocenters. The molecule has 15 heavy (non-hydrogen) atoms. The molecule has 0 aliphatic carbocycles. The minimum atomic E-state index is 0.621. The monoisotopic (exact) mass is 205 g/mol. The third-order valence-corrected chi connectivity index (χ3v) is 2.36. The molecule has 3 nitrogen and oxygen atoms in total. The van der Waals surface area contributed by atoms with Gasteiger partial charge in [0.05, 0.1) is 26.4 Å². The molecule has 0 spiro atoms. The molecule has 0 saturated carbocycles. The molecule has 0 amide bonds. The molecule has 2 rings (SSSR count). The van der Waals surface area contributed by atoms with Crippen molar-refractivity contribution < 1.29 is 14.2 Å². The molecule has 3 heteroatoms. The Bertz CT molecular complexity index is 371. The van der Waals surface area contributed by atoms with Crippen LogP contribution < -0.4 is 9.47 Å². The summed E-state index contributed by atoms with van der Waals surface area (Å²) in [5.74, 6) is 2.63. The molecule has 1 heterocycles. The van der Waals surface area contributed by atoms with Crippen molar-refractivity contribution in [2.24, 2.45) is 0 Å². The van der Waals surface area contributed by atoms with Gasteiger partial charge in [0.25, 0.3) is 0 Å². The molecule has 0 bridgehead atoms. The molecule has 0 unspecified atom stereocenters. The molecule has 79 valence electrons. The number of ether oxygens (including phenoxy) is 3. The molecule has 1 radical (unpaired) electrons. The van der Waals surface area contributed by atoms with Gasteiger partial charge in [-0.3, -0.25) is 0 Å². The Morgan fingerprint density at radius 1 is 1.13 bits per heavy atom. The van der Waals surface area contributed by atoms with Crippen LogP contribution in [-0.2, 0) is 4.74 Å². The van der Waals surface area contributed by atoms with E-state index in [1.54, 1.807) is 20.5 Å². The van der Waals surface area contributed by atoms with Crippen LogP contribution in [0.1, 0.15) is 5.56 Å². The first-order valence-corrected chi connectivity index (χ1v) is 4.71. The van der Waals surface area contributed by atoms with Crippen molar-refractivity contribution in [1.82, 2.24) is 0 Å². The first-order chi connectivity index (χ1) is 7.35. The first-order valence-electron chi connectivity index (χ1n) is 4.71. The molecule has 0 saturated heterocycles. The number of rotatable bonds is 3. The molecule has 1 aliphatic rings. The third kappa shape index (κ3) is 1.91. The van der Waals surface area contributed by atoms with E-state index in [4.69, 9.17) is 14.2 Å². The lowest BCUT2D eigenvalue weighted by Crippen LogP contribution is -2.00. The van der Waals surface area contributed by atoms with Gasteiger partial charge >= 0.3 is 0 Å². The van der Waals surface area contributed by atoms with Crippen LogP contribution in [0.3, 0.4) is 0 Å². The SMILES string of the molecule is COc1ccc([C]2C=COC2)cc1OC. The van der Waals surface area contributed by atoms with E-state index >= 15 is 0 Å². The third-order valence-electron chi connectivity index (χ3n) is 2.36. The standard InChI is InChI=1S/C12H13O3/c1-13-11-4-3-9(7-12(11)14-2)10-5-6-15-8-10/h3-7H,8H2,1-2H3. The van der Waals surface area contributed by atoms with E-state index in [2.05, 4.69) is 0 Å². The molecule has 1 aliphatic heterocycles. The first kappa shape index (κ1) is 9.90. The number of hydrogen-bond acceptors (Lipinski definition) is 3. The van der Waals surface area contributed by atoms with Crippen molar-refractivity contribution in [3.63, 3.8) is 0 Å². The van der Waals surface area contributed by atoms with Crippen molar-refractivity contribution in [1.29, 1.82) is 0 Å². The topological polar surface area (TPSA) is 27.7 Å². The average Bonchev–Trinajstić information content (AvgIpc) is 2.81. The van der Waals surface area contributed by atoms with Gasteiger partial charge in [-0.2, -0.15) is 0 Å². The molecule has 1 aromatic rings. The van der Waals surface area contributed by atoms with Crippen molar-refractivity contribution in [3.8, 4) is 11.5 Å². The second-order valence-corrected chi connectivity index (χ2v) is 3.21. The lowest BCUT2D eigenvalue weighted by atomic mass is 10.0. The van der Waals surface area contributed by atoms with Crippen LogP contribution in [0.25, 0.3) is 0 Å². The summed E-state index contributed by atoms with van der Waals surface area (Å²) in [5, 5.41) is 0. The Morgan fingerprint density at radius 3 is 2.53 bits per heavy atom. The summed E-state index contributed by atoms with van der Waals surface area (Å²) >= 11 is 0. The normalized spacial score (nSPS) is 15.1. The fourth-order valence-electron chi connectivity index (χ4n) is 1.53. The Kier molecular flexibility index (Phi) is 2.81. The Hall–Kier alpha value is -1.64. The summed E-state index contributed by atoms with van der Waals surface area (Å²) in [7, 11) is 3.26. The summed E-state index contributed by atoms with van der Waals surface area (Å²) in [6.45, 7) is 0.621. The second-order valence-electron chi connectivity index (χ2n) is 3.21. The second kappa shape index (κ2) is 4.26. The van der Waals surface area contributed by atoms with E-state index < -0.39 is 0 Å². The Balaban J connectivity index is 2.29. The van der Waals surface area contributed by atoms with Gasteiger partial charge in [-0.15, -0.1) is 0 Å². The molecular weight excluding hydrogens is 192 g/mol. The minimum absolute atomic E-state index is 0.621. The van der Waals surface area contributed by atoms with Gasteiger partial charge in [-0.25, -0.2) is 0 Å². The van der Waals surface area contributed by atoms with Crippen molar-refractivity contribution in [2.45, 2.75) is 0 Å². The summed E-state index contributed by atoms with van der Waals surface area (Å²) in [4.78, 5) is 0. The lowest BCUT2D eigenvalue weighted by Gasteiger charge is -2.11. The van der Waals surface area contributed by atoms with Crippen LogP contribution in [-0.4, -0.2) is 20.8 Å². The number of methoxy groups -OCH3 is 2. The summed E-state index contributed by atoms with van der Waals surface area (Å²) < 4.78 is 15.6. The van der Waals surface area contributed by atoms with Crippen LogP contribution >= 0.6 is 0 Å². The molecular formula is C12H13O3. The minimum Gasteiger partial charge on any atom is -0.500 e. The van der Waals surface area contributed by atoms with Gasteiger partial charge in [0.2, 0.25) is 0 Å². The van der Waals surface area contributed by atoms with Crippen LogP contribution in [0, 0.1) is 5.92 Å². The zero-order valence-electron chi connectivity index (χ0n) is 8.82. The Morgan fingerprint density at radius 2 is 1.93 bits per heavy atom. The van der Waals surface area contributed by atoms with Gasteiger partial charge in [-0.1, -0.05) is 6.07 Å². The highest BCUT2D eigenvalue weighted by molar-refractivity contribution is 5.49. The van der Waals surface area contributed by atoms with Gasteiger partial charge in [0.1, 0.15) is 6.61 Å². The van der Waals surface area contributed by atoms with Crippen LogP contribution in [0.5, 0.6) is 11.5 Å². The highest BCUT2D eigenvalue weighted by Crippen LogP contribution is 2.31. The van der Waals surface area contributed by atoms with Crippen LogP contribution in [0.4, 0.5) is 0 Å². The van der Waals surface area contributed by atoms with Gasteiger partial charge < -0.3 is 14.2 Å². The Labute approximate surface area is 89.3 Å². The molecule has 0 fully saturated rings. The summed E-state index contributed by atoms with van der Waals surface area (Å²) in [5.41, 5.74) is 1.10. The number of benzene rings is 1. The fourth-order valence-corrected chi connectivity index (χ4v) is 1.53. The zero-order chi connectivity index (χ0) is 10.7. The molecule has 0 aromatic heterocycles. The highest BCUT2D eigenvalue weighted by Gasteiger charge is 2.16. The van der Waals surface area contributed by atoms with Crippen molar-refractivity contribution in [2.75, 3.05) is 20.8 Å². The van der Waals surface area contributed by atoms with E-state index in [0.29, 0.717) is 6.61 Å². The van der Waals surface area contributed by atoms with Gasteiger partial charge in [0, 0.05) is 0 Å². The van der Waals surface area contributed by atoms with E-state index in [1.807, 2.05) is 24.3 Å². The maximum absolute atomic E-state index is 5.23. The zero-order valence-corrected chi connectivity index (χ0v) is 8.82. The predicted octanol–water partition coefficient (Wildman–Crippen LogP) is 2.17. The van der Waals surface area contributed by atoms with Crippen LogP contribution in [0.15, 0.2) is 30.5 Å². The van der Waals surface area contributed by atoms with Crippen LogP contribution in [0.2, 0.25) is 0 Å². The quantitative estimate of drug-likeness (QED) is 0.756. The molecule has 0 N–H and O–H groups in total. The van der Waals surface area contributed by atoms with Crippen molar-refractivity contribution in [3.05, 3.63) is 42.0 Å². The summed E-state index contributed by atoms with van der Waals surface area (Å²) in [6, 6.07) is 5.84. The maximum atomic E-state index is 5.23. The highest BCUT2D eigenvalue weighted by atomic mass is 16.5. The largest absolute Gasteiger partial charge is 0.500 e. The lowest BCUT2D eigenvalue weighted by molar-refractivity contribution is 0.292. The maximum Gasteiger partial charge on any atom is 0.161 e.